The number of nitrogens with one attached hydrogen (secondary N) is 1. The molecule has 0 fully saturated rings. The van der Waals surface area contributed by atoms with E-state index in [1.807, 2.05) is 44.2 Å². The first-order chi connectivity index (χ1) is 13.0. The molecule has 0 spiro atoms. The molecule has 2 aromatic carbocycles. The van der Waals surface area contributed by atoms with Gasteiger partial charge in [0.15, 0.2) is 11.5 Å². The zero-order valence-electron chi connectivity index (χ0n) is 16.6. The van der Waals surface area contributed by atoms with Gasteiger partial charge in [0, 0.05) is 11.8 Å². The average Bonchev–Trinajstić information content (AvgIpc) is 2.66. The van der Waals surface area contributed by atoms with Crippen molar-refractivity contribution >= 4 is 17.7 Å². The van der Waals surface area contributed by atoms with Crippen LogP contribution in [0.2, 0.25) is 0 Å². The predicted octanol–water partition coefficient (Wildman–Crippen LogP) is 5.48. The molecule has 0 heterocycles. The molecule has 4 heteroatoms. The lowest BCUT2D eigenvalue weighted by molar-refractivity contribution is -0.111. The first-order valence-electron chi connectivity index (χ1n) is 9.44. The highest BCUT2D eigenvalue weighted by molar-refractivity contribution is 6.01. The number of carbonyl (C=O) groups excluding carboxylic acids is 1. The van der Waals surface area contributed by atoms with Gasteiger partial charge in [0.2, 0.25) is 5.91 Å². The summed E-state index contributed by atoms with van der Waals surface area (Å²) in [6.45, 7) is 6.11. The topological polar surface area (TPSA) is 47.6 Å². The Morgan fingerprint density at radius 3 is 2.48 bits per heavy atom. The molecule has 0 saturated heterocycles. The Hall–Kier alpha value is -2.75. The van der Waals surface area contributed by atoms with Crippen molar-refractivity contribution in [3.8, 4) is 11.5 Å². The second-order valence-corrected chi connectivity index (χ2v) is 6.70. The number of rotatable bonds is 9. The molecule has 0 aliphatic carbocycles. The molecule has 0 saturated carbocycles. The Bertz CT molecular complexity index is 764. The number of carbonyl (C=O) groups is 1. The lowest BCUT2D eigenvalue weighted by atomic mass is 10.1. The number of aryl methyl sites for hydroxylation is 1. The number of anilines is 1. The van der Waals surface area contributed by atoms with Gasteiger partial charge in [-0.1, -0.05) is 31.5 Å². The molecule has 0 aliphatic rings. The average molecular weight is 367 g/mol. The zero-order chi connectivity index (χ0) is 19.6. The maximum absolute atomic E-state index is 12.2. The highest BCUT2D eigenvalue weighted by atomic mass is 16.5. The van der Waals surface area contributed by atoms with Crippen LogP contribution in [0.4, 0.5) is 5.69 Å². The fourth-order valence-electron chi connectivity index (χ4n) is 2.63. The Balaban J connectivity index is 1.97. The molecule has 0 bridgehead atoms. The van der Waals surface area contributed by atoms with Crippen molar-refractivity contribution in [3.63, 3.8) is 0 Å². The van der Waals surface area contributed by atoms with Crippen LogP contribution in [-0.4, -0.2) is 19.1 Å². The number of hydrogen-bond donors (Lipinski definition) is 1. The summed E-state index contributed by atoms with van der Waals surface area (Å²) in [6, 6.07) is 13.6. The van der Waals surface area contributed by atoms with E-state index in [-0.39, 0.29) is 12.0 Å². The summed E-state index contributed by atoms with van der Waals surface area (Å²) in [4.78, 5) is 12.2. The summed E-state index contributed by atoms with van der Waals surface area (Å²) in [5.74, 6) is 1.17. The molecule has 1 N–H and O–H groups in total. The van der Waals surface area contributed by atoms with Crippen molar-refractivity contribution in [2.75, 3.05) is 12.4 Å². The quantitative estimate of drug-likeness (QED) is 0.597. The van der Waals surface area contributed by atoms with Crippen molar-refractivity contribution in [2.45, 2.75) is 46.1 Å². The minimum Gasteiger partial charge on any atom is -0.493 e. The molecule has 4 nitrogen and oxygen atoms in total. The fraction of sp³-hybridized carbons (Fsp3) is 0.348. The van der Waals surface area contributed by atoms with Crippen LogP contribution in [0.25, 0.3) is 6.08 Å². The van der Waals surface area contributed by atoms with Crippen molar-refractivity contribution in [1.29, 1.82) is 0 Å². The number of amides is 1. The standard InChI is InChI=1S/C23H29NO3/c1-5-6-7-18-8-12-20(13-9-18)24-23(25)15-11-19-10-14-21(27-17(2)3)22(16-19)26-4/h8-17H,5-7H2,1-4H3,(H,24,25)/b15-11+. The molecule has 0 aromatic heterocycles. The third-order valence-electron chi connectivity index (χ3n) is 4.02. The summed E-state index contributed by atoms with van der Waals surface area (Å²) in [5, 5.41) is 2.88. The second kappa shape index (κ2) is 10.4. The number of unbranched alkanes of at least 4 members (excludes halogenated alkanes) is 1. The van der Waals surface area contributed by atoms with Crippen LogP contribution in [0.5, 0.6) is 11.5 Å². The van der Waals surface area contributed by atoms with E-state index in [0.717, 1.165) is 17.7 Å². The molecule has 1 amide bonds. The summed E-state index contributed by atoms with van der Waals surface area (Å²) in [7, 11) is 1.60. The van der Waals surface area contributed by atoms with Gasteiger partial charge in [0.25, 0.3) is 0 Å². The third-order valence-corrected chi connectivity index (χ3v) is 4.02. The summed E-state index contributed by atoms with van der Waals surface area (Å²) >= 11 is 0. The van der Waals surface area contributed by atoms with E-state index in [4.69, 9.17) is 9.47 Å². The SMILES string of the molecule is CCCCc1ccc(NC(=O)/C=C/c2ccc(OC(C)C)c(OC)c2)cc1. The summed E-state index contributed by atoms with van der Waals surface area (Å²) in [5.41, 5.74) is 2.96. The molecule has 144 valence electrons. The maximum Gasteiger partial charge on any atom is 0.248 e. The maximum atomic E-state index is 12.2. The Morgan fingerprint density at radius 1 is 1.11 bits per heavy atom. The van der Waals surface area contributed by atoms with Crippen molar-refractivity contribution in [1.82, 2.24) is 0 Å². The molecule has 0 aliphatic heterocycles. The van der Waals surface area contributed by atoms with Gasteiger partial charge in [-0.25, -0.2) is 0 Å². The van der Waals surface area contributed by atoms with Crippen LogP contribution in [0, 0.1) is 0 Å². The Labute approximate surface area is 162 Å². The van der Waals surface area contributed by atoms with E-state index in [9.17, 15) is 4.79 Å². The van der Waals surface area contributed by atoms with Crippen molar-refractivity contribution in [2.24, 2.45) is 0 Å². The third kappa shape index (κ3) is 6.81. The summed E-state index contributed by atoms with van der Waals surface area (Å²) in [6.07, 6.45) is 6.77. The van der Waals surface area contributed by atoms with Gasteiger partial charge in [-0.3, -0.25) is 4.79 Å². The van der Waals surface area contributed by atoms with Gasteiger partial charge in [-0.05, 0) is 68.2 Å². The molecule has 0 radical (unpaired) electrons. The number of benzene rings is 2. The van der Waals surface area contributed by atoms with Gasteiger partial charge < -0.3 is 14.8 Å². The Kier molecular flexibility index (Phi) is 7.93. The molecule has 2 aromatic rings. The minimum atomic E-state index is -0.169. The molecule has 0 unspecified atom stereocenters. The normalized spacial score (nSPS) is 11.0. The number of methoxy groups -OCH3 is 1. The van der Waals surface area contributed by atoms with Crippen LogP contribution < -0.4 is 14.8 Å². The van der Waals surface area contributed by atoms with E-state index in [1.54, 1.807) is 13.2 Å². The molecule has 0 atom stereocenters. The molecular formula is C23H29NO3. The Morgan fingerprint density at radius 2 is 1.85 bits per heavy atom. The lowest BCUT2D eigenvalue weighted by Gasteiger charge is -2.13. The van der Waals surface area contributed by atoms with Gasteiger partial charge in [-0.15, -0.1) is 0 Å². The van der Waals surface area contributed by atoms with Crippen LogP contribution in [0.15, 0.2) is 48.5 Å². The lowest BCUT2D eigenvalue weighted by Crippen LogP contribution is -2.08. The minimum absolute atomic E-state index is 0.0689. The largest absolute Gasteiger partial charge is 0.493 e. The van der Waals surface area contributed by atoms with Crippen LogP contribution in [0.3, 0.4) is 0 Å². The first kappa shape index (κ1) is 20.6. The monoisotopic (exact) mass is 367 g/mol. The predicted molar refractivity (Wildman–Crippen MR) is 111 cm³/mol. The fourth-order valence-corrected chi connectivity index (χ4v) is 2.63. The van der Waals surface area contributed by atoms with E-state index in [0.29, 0.717) is 11.5 Å². The van der Waals surface area contributed by atoms with Gasteiger partial charge in [0.1, 0.15) is 0 Å². The highest BCUT2D eigenvalue weighted by Gasteiger charge is 2.07. The molecular weight excluding hydrogens is 338 g/mol. The molecule has 2 rings (SSSR count). The van der Waals surface area contributed by atoms with E-state index in [1.165, 1.54) is 24.5 Å². The van der Waals surface area contributed by atoms with Crippen molar-refractivity contribution < 1.29 is 14.3 Å². The zero-order valence-corrected chi connectivity index (χ0v) is 16.6. The van der Waals surface area contributed by atoms with E-state index < -0.39 is 0 Å². The van der Waals surface area contributed by atoms with Gasteiger partial charge in [-0.2, -0.15) is 0 Å². The molecule has 27 heavy (non-hydrogen) atoms. The van der Waals surface area contributed by atoms with E-state index >= 15 is 0 Å². The first-order valence-corrected chi connectivity index (χ1v) is 9.44. The van der Waals surface area contributed by atoms with Crippen LogP contribution >= 0.6 is 0 Å². The highest BCUT2D eigenvalue weighted by Crippen LogP contribution is 2.29. The number of ether oxygens (including phenoxy) is 2. The van der Waals surface area contributed by atoms with Crippen molar-refractivity contribution in [3.05, 3.63) is 59.7 Å². The van der Waals surface area contributed by atoms with Gasteiger partial charge >= 0.3 is 0 Å². The summed E-state index contributed by atoms with van der Waals surface area (Å²) < 4.78 is 11.1. The van der Waals surface area contributed by atoms with Gasteiger partial charge in [0.05, 0.1) is 13.2 Å². The number of hydrogen-bond acceptors (Lipinski definition) is 3. The van der Waals surface area contributed by atoms with Crippen LogP contribution in [0.1, 0.15) is 44.7 Å². The van der Waals surface area contributed by atoms with E-state index in [2.05, 4.69) is 24.4 Å². The second-order valence-electron chi connectivity index (χ2n) is 6.70. The smallest absolute Gasteiger partial charge is 0.248 e. The van der Waals surface area contributed by atoms with Crippen LogP contribution in [-0.2, 0) is 11.2 Å².